The van der Waals surface area contributed by atoms with Crippen molar-refractivity contribution in [2.24, 2.45) is 16.6 Å². The highest BCUT2D eigenvalue weighted by molar-refractivity contribution is 6.06. The Hall–Kier alpha value is -1.79. The van der Waals surface area contributed by atoms with Crippen LogP contribution in [0, 0.1) is 10.8 Å². The minimum atomic E-state index is -1.27. The van der Waals surface area contributed by atoms with E-state index in [9.17, 15) is 19.5 Å². The fourth-order valence-corrected chi connectivity index (χ4v) is 3.14. The second-order valence-electron chi connectivity index (χ2n) is 6.35. The molecule has 1 aliphatic heterocycles. The van der Waals surface area contributed by atoms with Gasteiger partial charge < -0.3 is 21.1 Å². The molecule has 1 unspecified atom stereocenters. The van der Waals surface area contributed by atoms with Crippen molar-refractivity contribution in [3.05, 3.63) is 0 Å². The number of nitrogens with two attached hydrogens (primary N) is 1. The molecule has 0 aromatic carbocycles. The highest BCUT2D eigenvalue weighted by Gasteiger charge is 2.72. The SMILES string of the molecule is CC1(C)CC1(C(=O)O)C(=O)N1CCC(NC(N)=O)CC1. The minimum Gasteiger partial charge on any atom is -0.480 e. The molecule has 0 aromatic rings. The van der Waals surface area contributed by atoms with Gasteiger partial charge in [0.25, 0.3) is 0 Å². The Morgan fingerprint density at radius 2 is 1.75 bits per heavy atom. The normalized spacial score (nSPS) is 28.8. The fourth-order valence-electron chi connectivity index (χ4n) is 3.14. The molecular weight excluding hydrogens is 262 g/mol. The molecule has 2 fully saturated rings. The van der Waals surface area contributed by atoms with Crippen LogP contribution < -0.4 is 11.1 Å². The molecule has 2 rings (SSSR count). The molecule has 1 heterocycles. The van der Waals surface area contributed by atoms with Crippen LogP contribution in [-0.4, -0.2) is 47.0 Å². The quantitative estimate of drug-likeness (QED) is 0.640. The van der Waals surface area contributed by atoms with E-state index >= 15 is 0 Å². The lowest BCUT2D eigenvalue weighted by atomic mass is 9.93. The summed E-state index contributed by atoms with van der Waals surface area (Å²) in [4.78, 5) is 36.4. The first kappa shape index (κ1) is 14.6. The molecule has 0 spiro atoms. The van der Waals surface area contributed by atoms with E-state index in [0.29, 0.717) is 32.4 Å². The molecule has 3 amide bonds. The van der Waals surface area contributed by atoms with E-state index in [2.05, 4.69) is 5.32 Å². The van der Waals surface area contributed by atoms with Crippen molar-refractivity contribution >= 4 is 17.9 Å². The molecule has 112 valence electrons. The third kappa shape index (κ3) is 2.21. The standard InChI is InChI=1S/C13H21N3O4/c1-12(2)7-13(12,10(18)19)9(17)16-5-3-8(4-6-16)15-11(14)20/h8H,3-7H2,1-2H3,(H,18,19)(H3,14,15,20). The number of carboxylic acids is 1. The van der Waals surface area contributed by atoms with Crippen LogP contribution in [0.4, 0.5) is 4.79 Å². The Morgan fingerprint density at radius 1 is 1.25 bits per heavy atom. The van der Waals surface area contributed by atoms with Gasteiger partial charge in [-0.3, -0.25) is 9.59 Å². The molecule has 1 saturated carbocycles. The Bertz CT molecular complexity index is 455. The van der Waals surface area contributed by atoms with Crippen molar-refractivity contribution < 1.29 is 19.5 Å². The highest BCUT2D eigenvalue weighted by Crippen LogP contribution is 2.64. The van der Waals surface area contributed by atoms with Gasteiger partial charge in [-0.25, -0.2) is 4.79 Å². The third-order valence-electron chi connectivity index (χ3n) is 4.60. The van der Waals surface area contributed by atoms with Crippen LogP contribution in [0.15, 0.2) is 0 Å². The lowest BCUT2D eigenvalue weighted by Gasteiger charge is -2.34. The first-order chi connectivity index (χ1) is 9.20. The molecule has 0 bridgehead atoms. The maximum atomic E-state index is 12.5. The maximum Gasteiger partial charge on any atom is 0.319 e. The van der Waals surface area contributed by atoms with Crippen molar-refractivity contribution in [1.29, 1.82) is 0 Å². The van der Waals surface area contributed by atoms with Crippen molar-refractivity contribution in [2.45, 2.75) is 39.2 Å². The van der Waals surface area contributed by atoms with Crippen LogP contribution in [0.5, 0.6) is 0 Å². The molecule has 1 saturated heterocycles. The van der Waals surface area contributed by atoms with Crippen LogP contribution in [0.25, 0.3) is 0 Å². The summed E-state index contributed by atoms with van der Waals surface area (Å²) in [6.45, 7) is 4.52. The fraction of sp³-hybridized carbons (Fsp3) is 0.769. The van der Waals surface area contributed by atoms with Crippen LogP contribution in [0.2, 0.25) is 0 Å². The molecule has 0 radical (unpaired) electrons. The van der Waals surface area contributed by atoms with Crippen LogP contribution >= 0.6 is 0 Å². The number of rotatable bonds is 3. The predicted octanol–water partition coefficient (Wildman–Crippen LogP) is 0.147. The van der Waals surface area contributed by atoms with E-state index in [4.69, 9.17) is 5.73 Å². The summed E-state index contributed by atoms with van der Waals surface area (Å²) in [5.74, 6) is -1.34. The monoisotopic (exact) mass is 283 g/mol. The number of nitrogens with zero attached hydrogens (tertiary/aromatic N) is 1. The number of nitrogens with one attached hydrogen (secondary N) is 1. The zero-order valence-electron chi connectivity index (χ0n) is 11.8. The van der Waals surface area contributed by atoms with Gasteiger partial charge in [-0.05, 0) is 24.7 Å². The number of likely N-dealkylation sites (tertiary alicyclic amines) is 1. The van der Waals surface area contributed by atoms with E-state index in [1.165, 1.54) is 0 Å². The Kier molecular flexibility index (Phi) is 3.39. The number of primary amides is 1. The Labute approximate surface area is 117 Å². The number of carboxylic acid groups (broad SMARTS) is 1. The van der Waals surface area contributed by atoms with Crippen LogP contribution in [0.1, 0.15) is 33.1 Å². The molecule has 2 aliphatic rings. The van der Waals surface area contributed by atoms with E-state index in [1.807, 2.05) is 0 Å². The molecular formula is C13H21N3O4. The van der Waals surface area contributed by atoms with Crippen LogP contribution in [0.3, 0.4) is 0 Å². The topological polar surface area (TPSA) is 113 Å². The summed E-state index contributed by atoms with van der Waals surface area (Å²) in [6, 6.07) is -0.607. The third-order valence-corrected chi connectivity index (χ3v) is 4.60. The summed E-state index contributed by atoms with van der Waals surface area (Å²) >= 11 is 0. The first-order valence-electron chi connectivity index (χ1n) is 6.79. The lowest BCUT2D eigenvalue weighted by Crippen LogP contribution is -2.51. The summed E-state index contributed by atoms with van der Waals surface area (Å²) in [5.41, 5.74) is 3.31. The highest BCUT2D eigenvalue weighted by atomic mass is 16.4. The molecule has 20 heavy (non-hydrogen) atoms. The zero-order valence-corrected chi connectivity index (χ0v) is 11.8. The van der Waals surface area contributed by atoms with Crippen molar-refractivity contribution in [3.8, 4) is 0 Å². The van der Waals surface area contributed by atoms with Crippen molar-refractivity contribution in [1.82, 2.24) is 10.2 Å². The van der Waals surface area contributed by atoms with Gasteiger partial charge >= 0.3 is 12.0 Å². The second-order valence-corrected chi connectivity index (χ2v) is 6.35. The van der Waals surface area contributed by atoms with E-state index < -0.39 is 22.8 Å². The second kappa shape index (κ2) is 4.64. The molecule has 7 nitrogen and oxygen atoms in total. The Morgan fingerprint density at radius 3 is 2.10 bits per heavy atom. The van der Waals surface area contributed by atoms with Gasteiger partial charge in [0.15, 0.2) is 5.41 Å². The smallest absolute Gasteiger partial charge is 0.319 e. The maximum absolute atomic E-state index is 12.5. The number of hydrogen-bond acceptors (Lipinski definition) is 3. The number of amides is 3. The zero-order chi connectivity index (χ0) is 15.1. The number of carbonyl (C=O) groups excluding carboxylic acids is 2. The number of hydrogen-bond donors (Lipinski definition) is 3. The van der Waals surface area contributed by atoms with Gasteiger partial charge in [0.2, 0.25) is 5.91 Å². The van der Waals surface area contributed by atoms with E-state index in [1.54, 1.807) is 18.7 Å². The number of aliphatic carboxylic acids is 1. The number of piperidine rings is 1. The molecule has 1 atom stereocenters. The summed E-state index contributed by atoms with van der Waals surface area (Å²) in [5, 5.41) is 12.0. The van der Waals surface area contributed by atoms with Gasteiger partial charge in [0, 0.05) is 19.1 Å². The summed E-state index contributed by atoms with van der Waals surface area (Å²) in [6.07, 6.45) is 1.59. The average Bonchev–Trinajstić information content (AvgIpc) is 2.93. The van der Waals surface area contributed by atoms with Crippen molar-refractivity contribution in [2.75, 3.05) is 13.1 Å². The predicted molar refractivity (Wildman–Crippen MR) is 70.8 cm³/mol. The van der Waals surface area contributed by atoms with Crippen LogP contribution in [-0.2, 0) is 9.59 Å². The van der Waals surface area contributed by atoms with Crippen molar-refractivity contribution in [3.63, 3.8) is 0 Å². The largest absolute Gasteiger partial charge is 0.480 e. The van der Waals surface area contributed by atoms with E-state index in [-0.39, 0.29) is 11.9 Å². The lowest BCUT2D eigenvalue weighted by molar-refractivity contribution is -0.155. The molecule has 0 aromatic heterocycles. The summed E-state index contributed by atoms with van der Waals surface area (Å²) in [7, 11) is 0. The summed E-state index contributed by atoms with van der Waals surface area (Å²) < 4.78 is 0. The van der Waals surface area contributed by atoms with Gasteiger partial charge in [-0.2, -0.15) is 0 Å². The number of urea groups is 1. The van der Waals surface area contributed by atoms with Gasteiger partial charge in [0.1, 0.15) is 0 Å². The number of carbonyl (C=O) groups is 3. The molecule has 7 heteroatoms. The Balaban J connectivity index is 1.99. The average molecular weight is 283 g/mol. The van der Waals surface area contributed by atoms with E-state index in [0.717, 1.165) is 0 Å². The van der Waals surface area contributed by atoms with Gasteiger partial charge in [-0.15, -0.1) is 0 Å². The first-order valence-corrected chi connectivity index (χ1v) is 6.79. The molecule has 1 aliphatic carbocycles. The minimum absolute atomic E-state index is 0.0375. The van der Waals surface area contributed by atoms with Gasteiger partial charge in [0.05, 0.1) is 0 Å². The van der Waals surface area contributed by atoms with Gasteiger partial charge in [-0.1, -0.05) is 13.8 Å². The molecule has 4 N–H and O–H groups in total.